The summed E-state index contributed by atoms with van der Waals surface area (Å²) in [6.45, 7) is 15.6. The summed E-state index contributed by atoms with van der Waals surface area (Å²) in [6.07, 6.45) is 1.41. The fraction of sp³-hybridized carbons (Fsp3) is 0.600. The van der Waals surface area contributed by atoms with Gasteiger partial charge >= 0.3 is 13.2 Å². The highest BCUT2D eigenvalue weighted by molar-refractivity contribution is 6.56. The maximum atomic E-state index is 12.1. The second-order valence-electron chi connectivity index (χ2n) is 8.87. The van der Waals surface area contributed by atoms with Crippen molar-refractivity contribution in [2.75, 3.05) is 6.54 Å². The first-order chi connectivity index (χ1) is 12.3. The summed E-state index contributed by atoms with van der Waals surface area (Å²) < 4.78 is 17.6. The number of ether oxygens (including phenoxy) is 1. The molecule has 0 saturated carbocycles. The van der Waals surface area contributed by atoms with E-state index in [9.17, 15) is 4.79 Å². The molecule has 148 valence electrons. The maximum Gasteiger partial charge on any atom is 0.492 e. The molecule has 0 bridgehead atoms. The SMILES string of the molecule is Cc1cccc(C=C(CNC(=O)OC(C)(C)C)B2OC(C)(C)C(C)(C)O2)n1. The predicted octanol–water partition coefficient (Wildman–Crippen LogP) is 3.93. The van der Waals surface area contributed by atoms with Crippen LogP contribution in [0.15, 0.2) is 23.7 Å². The van der Waals surface area contributed by atoms with Crippen molar-refractivity contribution in [1.82, 2.24) is 10.3 Å². The van der Waals surface area contributed by atoms with E-state index < -0.39 is 30.0 Å². The standard InChI is InChI=1S/C20H31BN2O4/c1-14-10-9-11-16(23-14)12-15(13-22-17(24)25-18(2,3)4)21-26-19(5,6)20(7,8)27-21/h9-12H,13H2,1-8H3,(H,22,24). The van der Waals surface area contributed by atoms with Crippen molar-refractivity contribution < 1.29 is 18.8 Å². The number of hydrogen-bond acceptors (Lipinski definition) is 5. The molecule has 2 heterocycles. The van der Waals surface area contributed by atoms with Crippen LogP contribution < -0.4 is 5.32 Å². The second kappa shape index (κ2) is 7.64. The number of aryl methyl sites for hydroxylation is 1. The molecule has 0 radical (unpaired) electrons. The van der Waals surface area contributed by atoms with E-state index >= 15 is 0 Å². The van der Waals surface area contributed by atoms with Gasteiger partial charge in [-0.3, -0.25) is 4.98 Å². The van der Waals surface area contributed by atoms with Crippen LogP contribution in [0.25, 0.3) is 6.08 Å². The first-order valence-corrected chi connectivity index (χ1v) is 9.26. The highest BCUT2D eigenvalue weighted by Crippen LogP contribution is 2.38. The third-order valence-corrected chi connectivity index (χ3v) is 4.63. The van der Waals surface area contributed by atoms with E-state index in [2.05, 4.69) is 10.3 Å². The summed E-state index contributed by atoms with van der Waals surface area (Å²) in [5.74, 6) is 0. The predicted molar refractivity (Wildman–Crippen MR) is 107 cm³/mol. The highest BCUT2D eigenvalue weighted by atomic mass is 16.7. The minimum atomic E-state index is -0.577. The number of nitrogens with zero attached hydrogens (tertiary/aromatic N) is 1. The lowest BCUT2D eigenvalue weighted by atomic mass is 9.77. The van der Waals surface area contributed by atoms with Gasteiger partial charge in [0.1, 0.15) is 5.60 Å². The molecule has 1 saturated heterocycles. The molecule has 1 N–H and O–H groups in total. The highest BCUT2D eigenvalue weighted by Gasteiger charge is 2.52. The van der Waals surface area contributed by atoms with Crippen molar-refractivity contribution in [2.45, 2.75) is 72.2 Å². The van der Waals surface area contributed by atoms with E-state index in [0.29, 0.717) is 0 Å². The van der Waals surface area contributed by atoms with Gasteiger partial charge in [0.2, 0.25) is 0 Å². The van der Waals surface area contributed by atoms with Crippen LogP contribution in [0.3, 0.4) is 0 Å². The molecule has 1 aromatic rings. The Kier molecular flexibility index (Phi) is 6.07. The quantitative estimate of drug-likeness (QED) is 0.809. The van der Waals surface area contributed by atoms with E-state index in [4.69, 9.17) is 14.0 Å². The third kappa shape index (κ3) is 5.81. The minimum absolute atomic E-state index is 0.237. The Morgan fingerprint density at radius 2 is 1.81 bits per heavy atom. The molecule has 7 heteroatoms. The molecule has 2 rings (SSSR count). The first-order valence-electron chi connectivity index (χ1n) is 9.26. The van der Waals surface area contributed by atoms with Gasteiger partial charge in [-0.2, -0.15) is 0 Å². The van der Waals surface area contributed by atoms with E-state index in [1.807, 2.05) is 79.7 Å². The summed E-state index contributed by atoms with van der Waals surface area (Å²) in [7, 11) is -0.577. The maximum absolute atomic E-state index is 12.1. The van der Waals surface area contributed by atoms with E-state index in [1.54, 1.807) is 0 Å². The zero-order valence-corrected chi connectivity index (χ0v) is 17.7. The van der Waals surface area contributed by atoms with Crippen LogP contribution in [0.5, 0.6) is 0 Å². The van der Waals surface area contributed by atoms with Crippen molar-refractivity contribution in [1.29, 1.82) is 0 Å². The summed E-state index contributed by atoms with van der Waals surface area (Å²) in [6, 6.07) is 5.79. The molecule has 1 aliphatic heterocycles. The number of alkyl carbamates (subject to hydrolysis) is 1. The van der Waals surface area contributed by atoms with Gasteiger partial charge in [0.15, 0.2) is 0 Å². The number of amides is 1. The van der Waals surface area contributed by atoms with Crippen LogP contribution in [0.1, 0.15) is 59.9 Å². The number of aromatic nitrogens is 1. The van der Waals surface area contributed by atoms with E-state index in [-0.39, 0.29) is 6.54 Å². The van der Waals surface area contributed by atoms with Crippen LogP contribution in [-0.4, -0.2) is 41.5 Å². The second-order valence-corrected chi connectivity index (χ2v) is 8.87. The van der Waals surface area contributed by atoms with Gasteiger partial charge in [0, 0.05) is 12.2 Å². The molecule has 27 heavy (non-hydrogen) atoms. The number of pyridine rings is 1. The molecular weight excluding hydrogens is 343 g/mol. The molecule has 0 aromatic carbocycles. The Balaban J connectivity index is 2.23. The first kappa shape index (κ1) is 21.4. The number of hydrogen-bond donors (Lipinski definition) is 1. The molecule has 1 aromatic heterocycles. The molecule has 1 fully saturated rings. The van der Waals surface area contributed by atoms with Crippen LogP contribution in [0.4, 0.5) is 4.79 Å². The van der Waals surface area contributed by atoms with Crippen LogP contribution in [0, 0.1) is 6.92 Å². The van der Waals surface area contributed by atoms with Crippen LogP contribution in [0.2, 0.25) is 0 Å². The van der Waals surface area contributed by atoms with Gasteiger partial charge in [0.25, 0.3) is 0 Å². The zero-order valence-electron chi connectivity index (χ0n) is 17.7. The van der Waals surface area contributed by atoms with Crippen molar-refractivity contribution in [2.24, 2.45) is 0 Å². The Hall–Kier alpha value is -1.86. The topological polar surface area (TPSA) is 69.7 Å². The molecule has 0 spiro atoms. The molecule has 6 nitrogen and oxygen atoms in total. The molecule has 1 amide bonds. The molecule has 0 atom stereocenters. The van der Waals surface area contributed by atoms with Crippen molar-refractivity contribution in [3.8, 4) is 0 Å². The van der Waals surface area contributed by atoms with E-state index in [0.717, 1.165) is 16.9 Å². The number of carbonyl (C=O) groups excluding carboxylic acids is 1. The number of carbonyl (C=O) groups is 1. The van der Waals surface area contributed by atoms with Gasteiger partial charge in [-0.1, -0.05) is 6.07 Å². The lowest BCUT2D eigenvalue weighted by Crippen LogP contribution is -2.41. The Morgan fingerprint density at radius 1 is 1.22 bits per heavy atom. The third-order valence-electron chi connectivity index (χ3n) is 4.63. The molecule has 0 unspecified atom stereocenters. The van der Waals surface area contributed by atoms with Crippen LogP contribution in [-0.2, 0) is 14.0 Å². The minimum Gasteiger partial charge on any atom is -0.444 e. The Morgan fingerprint density at radius 3 is 2.33 bits per heavy atom. The molecular formula is C20H31BN2O4. The fourth-order valence-corrected chi connectivity index (χ4v) is 2.52. The summed E-state index contributed by atoms with van der Waals surface area (Å²) in [4.78, 5) is 16.6. The normalized spacial score (nSPS) is 19.1. The monoisotopic (exact) mass is 374 g/mol. The summed E-state index contributed by atoms with van der Waals surface area (Å²) in [5.41, 5.74) is 0.974. The Bertz CT molecular complexity index is 707. The zero-order chi connectivity index (χ0) is 20.5. The van der Waals surface area contributed by atoms with Gasteiger partial charge in [-0.25, -0.2) is 4.79 Å². The average molecular weight is 374 g/mol. The molecule has 0 aliphatic carbocycles. The Labute approximate surface area is 162 Å². The van der Waals surface area contributed by atoms with Gasteiger partial charge in [-0.05, 0) is 79.1 Å². The van der Waals surface area contributed by atoms with Gasteiger partial charge in [0.05, 0.1) is 16.9 Å². The van der Waals surface area contributed by atoms with Crippen molar-refractivity contribution in [3.63, 3.8) is 0 Å². The van der Waals surface area contributed by atoms with Crippen molar-refractivity contribution >= 4 is 19.3 Å². The summed E-state index contributed by atoms with van der Waals surface area (Å²) >= 11 is 0. The van der Waals surface area contributed by atoms with Gasteiger partial charge in [-0.15, -0.1) is 0 Å². The lowest BCUT2D eigenvalue weighted by Gasteiger charge is -2.32. The summed E-state index contributed by atoms with van der Waals surface area (Å²) in [5, 5.41) is 2.79. The smallest absolute Gasteiger partial charge is 0.444 e. The van der Waals surface area contributed by atoms with Gasteiger partial charge < -0.3 is 19.4 Å². The average Bonchev–Trinajstić information content (AvgIpc) is 2.70. The fourth-order valence-electron chi connectivity index (χ4n) is 2.52. The van der Waals surface area contributed by atoms with Crippen molar-refractivity contribution in [3.05, 3.63) is 35.1 Å². The lowest BCUT2D eigenvalue weighted by molar-refractivity contribution is 0.00578. The number of rotatable bonds is 4. The number of nitrogens with one attached hydrogen (secondary N) is 1. The molecule has 1 aliphatic rings. The van der Waals surface area contributed by atoms with Crippen LogP contribution >= 0.6 is 0 Å². The largest absolute Gasteiger partial charge is 0.492 e. The van der Waals surface area contributed by atoms with E-state index in [1.165, 1.54) is 0 Å².